The van der Waals surface area contributed by atoms with Gasteiger partial charge in [0.1, 0.15) is 16.9 Å². The number of anilines is 1. The molecule has 1 unspecified atom stereocenters. The molecular weight excluding hydrogens is 326 g/mol. The molecule has 3 aromatic carbocycles. The fourth-order valence-corrected chi connectivity index (χ4v) is 2.92. The third kappa shape index (κ3) is 3.14. The molecule has 0 fully saturated rings. The van der Waals surface area contributed by atoms with Crippen molar-refractivity contribution in [1.29, 1.82) is 0 Å². The molecule has 1 aromatic heterocycles. The average Bonchev–Trinajstić information content (AvgIpc) is 3.01. The van der Waals surface area contributed by atoms with E-state index in [9.17, 15) is 4.79 Å². The van der Waals surface area contributed by atoms with Crippen LogP contribution in [0.5, 0.6) is 5.75 Å². The molecule has 4 heteroatoms. The lowest BCUT2D eigenvalue weighted by atomic mass is 10.1. The molecule has 0 spiro atoms. The van der Waals surface area contributed by atoms with E-state index in [2.05, 4.69) is 5.32 Å². The molecule has 1 atom stereocenters. The normalized spacial score (nSPS) is 12.2. The van der Waals surface area contributed by atoms with Crippen LogP contribution in [0.1, 0.15) is 12.5 Å². The van der Waals surface area contributed by atoms with Crippen LogP contribution < -0.4 is 10.1 Å². The van der Waals surface area contributed by atoms with Crippen molar-refractivity contribution in [3.8, 4) is 5.75 Å². The van der Waals surface area contributed by atoms with E-state index in [1.807, 2.05) is 73.7 Å². The molecule has 130 valence electrons. The third-order valence-electron chi connectivity index (χ3n) is 4.35. The largest absolute Gasteiger partial charge is 0.481 e. The SMILES string of the molecule is Cc1ccc(OC(C)C(=O)Nc2ccc3oc4ccccc4c3c2)cc1. The molecule has 26 heavy (non-hydrogen) atoms. The molecule has 0 bridgehead atoms. The van der Waals surface area contributed by atoms with Gasteiger partial charge in [-0.25, -0.2) is 0 Å². The smallest absolute Gasteiger partial charge is 0.265 e. The highest BCUT2D eigenvalue weighted by atomic mass is 16.5. The molecule has 0 saturated carbocycles. The molecule has 4 aromatic rings. The van der Waals surface area contributed by atoms with E-state index in [-0.39, 0.29) is 5.91 Å². The number of carbonyl (C=O) groups excluding carboxylic acids is 1. The Kier molecular flexibility index (Phi) is 4.09. The number of aryl methyl sites for hydroxylation is 1. The fourth-order valence-electron chi connectivity index (χ4n) is 2.92. The van der Waals surface area contributed by atoms with Crippen LogP contribution in [0.15, 0.2) is 71.1 Å². The lowest BCUT2D eigenvalue weighted by Gasteiger charge is -2.15. The van der Waals surface area contributed by atoms with Crippen molar-refractivity contribution in [1.82, 2.24) is 0 Å². The van der Waals surface area contributed by atoms with Crippen molar-refractivity contribution >= 4 is 33.5 Å². The van der Waals surface area contributed by atoms with Gasteiger partial charge in [0.05, 0.1) is 0 Å². The van der Waals surface area contributed by atoms with Gasteiger partial charge in [-0.3, -0.25) is 4.79 Å². The van der Waals surface area contributed by atoms with Gasteiger partial charge in [-0.2, -0.15) is 0 Å². The fraction of sp³-hybridized carbons (Fsp3) is 0.136. The van der Waals surface area contributed by atoms with Gasteiger partial charge in [0.2, 0.25) is 0 Å². The zero-order valence-corrected chi connectivity index (χ0v) is 14.7. The van der Waals surface area contributed by atoms with Crippen LogP contribution in [-0.4, -0.2) is 12.0 Å². The number of nitrogens with one attached hydrogen (secondary N) is 1. The maximum Gasteiger partial charge on any atom is 0.265 e. The first-order valence-corrected chi connectivity index (χ1v) is 8.55. The standard InChI is InChI=1S/C22H19NO3/c1-14-7-10-17(11-8-14)25-15(2)22(24)23-16-9-12-21-19(13-16)18-5-3-4-6-20(18)26-21/h3-13,15H,1-2H3,(H,23,24). The van der Waals surface area contributed by atoms with Gasteiger partial charge in [0, 0.05) is 16.5 Å². The van der Waals surface area contributed by atoms with Gasteiger partial charge in [-0.05, 0) is 50.2 Å². The van der Waals surface area contributed by atoms with Gasteiger partial charge < -0.3 is 14.5 Å². The summed E-state index contributed by atoms with van der Waals surface area (Å²) in [6, 6.07) is 21.1. The van der Waals surface area contributed by atoms with Crippen LogP contribution in [0.3, 0.4) is 0 Å². The number of furan rings is 1. The number of para-hydroxylation sites is 1. The van der Waals surface area contributed by atoms with Crippen molar-refractivity contribution in [3.05, 3.63) is 72.3 Å². The Morgan fingerprint density at radius 3 is 2.50 bits per heavy atom. The lowest BCUT2D eigenvalue weighted by molar-refractivity contribution is -0.122. The van der Waals surface area contributed by atoms with E-state index in [0.717, 1.165) is 27.5 Å². The summed E-state index contributed by atoms with van der Waals surface area (Å²) in [6.07, 6.45) is -0.602. The van der Waals surface area contributed by atoms with Gasteiger partial charge in [-0.15, -0.1) is 0 Å². The van der Waals surface area contributed by atoms with Crippen LogP contribution in [-0.2, 0) is 4.79 Å². The summed E-state index contributed by atoms with van der Waals surface area (Å²) >= 11 is 0. The zero-order valence-electron chi connectivity index (χ0n) is 14.7. The molecule has 0 aliphatic rings. The van der Waals surface area contributed by atoms with Gasteiger partial charge in [-0.1, -0.05) is 35.9 Å². The Hall–Kier alpha value is -3.27. The molecule has 0 radical (unpaired) electrons. The number of fused-ring (bicyclic) bond motifs is 3. The minimum atomic E-state index is -0.602. The van der Waals surface area contributed by atoms with Crippen molar-refractivity contribution in [2.24, 2.45) is 0 Å². The van der Waals surface area contributed by atoms with E-state index < -0.39 is 6.10 Å². The summed E-state index contributed by atoms with van der Waals surface area (Å²) in [4.78, 5) is 12.5. The lowest BCUT2D eigenvalue weighted by Crippen LogP contribution is -2.30. The number of amides is 1. The molecule has 0 aliphatic carbocycles. The van der Waals surface area contributed by atoms with Gasteiger partial charge in [0.15, 0.2) is 6.10 Å². The van der Waals surface area contributed by atoms with Crippen LogP contribution in [0.25, 0.3) is 21.9 Å². The second-order valence-electron chi connectivity index (χ2n) is 6.37. The highest BCUT2D eigenvalue weighted by Crippen LogP contribution is 2.30. The second-order valence-corrected chi connectivity index (χ2v) is 6.37. The van der Waals surface area contributed by atoms with Crippen molar-refractivity contribution < 1.29 is 13.9 Å². The molecule has 4 nitrogen and oxygen atoms in total. The highest BCUT2D eigenvalue weighted by Gasteiger charge is 2.16. The number of rotatable bonds is 4. The van der Waals surface area contributed by atoms with Gasteiger partial charge in [0.25, 0.3) is 5.91 Å². The first-order valence-electron chi connectivity index (χ1n) is 8.55. The maximum atomic E-state index is 12.5. The Morgan fingerprint density at radius 1 is 0.962 bits per heavy atom. The van der Waals surface area contributed by atoms with Crippen molar-refractivity contribution in [2.75, 3.05) is 5.32 Å². The summed E-state index contributed by atoms with van der Waals surface area (Å²) in [5, 5.41) is 4.92. The molecule has 0 saturated heterocycles. The van der Waals surface area contributed by atoms with E-state index in [1.54, 1.807) is 6.92 Å². The summed E-state index contributed by atoms with van der Waals surface area (Å²) in [7, 11) is 0. The van der Waals surface area contributed by atoms with Crippen molar-refractivity contribution in [2.45, 2.75) is 20.0 Å². The monoisotopic (exact) mass is 345 g/mol. The van der Waals surface area contributed by atoms with Crippen LogP contribution in [0, 0.1) is 6.92 Å². The first-order chi connectivity index (χ1) is 12.6. The summed E-state index contributed by atoms with van der Waals surface area (Å²) in [6.45, 7) is 3.75. The van der Waals surface area contributed by atoms with Crippen LogP contribution >= 0.6 is 0 Å². The Bertz CT molecular complexity index is 1080. The minimum Gasteiger partial charge on any atom is -0.481 e. The van der Waals surface area contributed by atoms with Gasteiger partial charge >= 0.3 is 0 Å². The number of carbonyl (C=O) groups is 1. The molecule has 0 aliphatic heterocycles. The van der Waals surface area contributed by atoms with E-state index in [0.29, 0.717) is 11.4 Å². The Balaban J connectivity index is 1.53. The molecule has 1 amide bonds. The molecule has 1 N–H and O–H groups in total. The Morgan fingerprint density at radius 2 is 1.69 bits per heavy atom. The quantitative estimate of drug-likeness (QED) is 0.546. The summed E-state index contributed by atoms with van der Waals surface area (Å²) < 4.78 is 11.5. The molecule has 1 heterocycles. The highest BCUT2D eigenvalue weighted by molar-refractivity contribution is 6.07. The third-order valence-corrected chi connectivity index (χ3v) is 4.35. The van der Waals surface area contributed by atoms with E-state index in [4.69, 9.17) is 9.15 Å². The summed E-state index contributed by atoms with van der Waals surface area (Å²) in [5.74, 6) is 0.479. The van der Waals surface area contributed by atoms with E-state index in [1.165, 1.54) is 0 Å². The second kappa shape index (κ2) is 6.56. The minimum absolute atomic E-state index is 0.197. The molecular formula is C22H19NO3. The van der Waals surface area contributed by atoms with E-state index >= 15 is 0 Å². The van der Waals surface area contributed by atoms with Crippen LogP contribution in [0.2, 0.25) is 0 Å². The van der Waals surface area contributed by atoms with Crippen molar-refractivity contribution in [3.63, 3.8) is 0 Å². The number of hydrogen-bond donors (Lipinski definition) is 1. The number of ether oxygens (including phenoxy) is 1. The maximum absolute atomic E-state index is 12.5. The Labute approximate surface area is 151 Å². The predicted octanol–water partition coefficient (Wildman–Crippen LogP) is 5.30. The summed E-state index contributed by atoms with van der Waals surface area (Å²) in [5.41, 5.74) is 3.50. The first kappa shape index (κ1) is 16.2. The zero-order chi connectivity index (χ0) is 18.1. The number of hydrogen-bond acceptors (Lipinski definition) is 3. The predicted molar refractivity (Wildman–Crippen MR) is 104 cm³/mol. The number of benzene rings is 3. The topological polar surface area (TPSA) is 51.5 Å². The van der Waals surface area contributed by atoms with Crippen LogP contribution in [0.4, 0.5) is 5.69 Å². The molecule has 4 rings (SSSR count). The average molecular weight is 345 g/mol.